The molecule has 2 atom stereocenters. The van der Waals surface area contributed by atoms with Crippen molar-refractivity contribution in [1.82, 2.24) is 15.2 Å². The van der Waals surface area contributed by atoms with Crippen LogP contribution in [0.5, 0.6) is 0 Å². The number of rotatable bonds is 5. The van der Waals surface area contributed by atoms with Gasteiger partial charge in [-0.2, -0.15) is 5.10 Å². The van der Waals surface area contributed by atoms with Crippen LogP contribution in [0.1, 0.15) is 44.5 Å². The maximum Gasteiger partial charge on any atom is 0.0850 e. The molecule has 2 rings (SSSR count). The van der Waals surface area contributed by atoms with E-state index in [1.165, 1.54) is 6.42 Å². The molecule has 1 aromatic heterocycles. The number of hydrogen-bond donors (Lipinski definition) is 2. The van der Waals surface area contributed by atoms with Crippen LogP contribution in [0.15, 0.2) is 0 Å². The summed E-state index contributed by atoms with van der Waals surface area (Å²) in [6.45, 7) is 4.98. The van der Waals surface area contributed by atoms with Crippen molar-refractivity contribution in [1.29, 1.82) is 0 Å². The van der Waals surface area contributed by atoms with Crippen LogP contribution in [-0.4, -0.2) is 28.0 Å². The van der Waals surface area contributed by atoms with Crippen molar-refractivity contribution in [2.75, 3.05) is 6.61 Å². The lowest BCUT2D eigenvalue weighted by molar-refractivity contribution is -0.0887. The zero-order valence-corrected chi connectivity index (χ0v) is 13.3. The first kappa shape index (κ1) is 15.8. The van der Waals surface area contributed by atoms with E-state index in [-0.39, 0.29) is 11.6 Å². The maximum absolute atomic E-state index is 6.42. The summed E-state index contributed by atoms with van der Waals surface area (Å²) in [6.07, 6.45) is 4.86. The van der Waals surface area contributed by atoms with E-state index in [1.54, 1.807) is 0 Å². The number of nitrogens with zero attached hydrogens (tertiary/aromatic N) is 2. The highest BCUT2D eigenvalue weighted by atomic mass is 35.5. The van der Waals surface area contributed by atoms with Crippen LogP contribution in [0.4, 0.5) is 0 Å². The molecule has 0 radical (unpaired) electrons. The molecule has 2 unspecified atom stereocenters. The van der Waals surface area contributed by atoms with Crippen molar-refractivity contribution in [3.8, 4) is 0 Å². The number of aromatic nitrogens is 2. The molecule has 0 amide bonds. The van der Waals surface area contributed by atoms with E-state index in [2.05, 4.69) is 24.4 Å². The van der Waals surface area contributed by atoms with Gasteiger partial charge in [0.05, 0.1) is 28.1 Å². The molecular weight excluding hydrogens is 276 g/mol. The third-order valence-electron chi connectivity index (χ3n) is 4.34. The molecule has 20 heavy (non-hydrogen) atoms. The molecule has 114 valence electrons. The van der Waals surface area contributed by atoms with Crippen LogP contribution in [-0.2, 0) is 24.6 Å². The molecule has 5 nitrogen and oxygen atoms in total. The Balaban J connectivity index is 2.20. The van der Waals surface area contributed by atoms with Gasteiger partial charge < -0.3 is 4.74 Å². The van der Waals surface area contributed by atoms with Gasteiger partial charge in [0.25, 0.3) is 0 Å². The Hall–Kier alpha value is -0.620. The van der Waals surface area contributed by atoms with E-state index in [4.69, 9.17) is 22.2 Å². The summed E-state index contributed by atoms with van der Waals surface area (Å²) < 4.78 is 7.85. The SMILES string of the molecule is CCc1nn(C)c(CC(NN)C2(C)CCCCO2)c1Cl. The fraction of sp³-hybridized carbons (Fsp3) is 0.786. The lowest BCUT2D eigenvalue weighted by Gasteiger charge is -2.40. The zero-order valence-electron chi connectivity index (χ0n) is 12.6. The quantitative estimate of drug-likeness (QED) is 0.644. The molecule has 1 fully saturated rings. The number of halogens is 1. The lowest BCUT2D eigenvalue weighted by atomic mass is 9.86. The smallest absolute Gasteiger partial charge is 0.0850 e. The van der Waals surface area contributed by atoms with Crippen LogP contribution in [0.25, 0.3) is 0 Å². The van der Waals surface area contributed by atoms with Crippen molar-refractivity contribution < 1.29 is 4.74 Å². The Morgan fingerprint density at radius 3 is 2.80 bits per heavy atom. The third-order valence-corrected chi connectivity index (χ3v) is 4.77. The van der Waals surface area contributed by atoms with Gasteiger partial charge in [0.2, 0.25) is 0 Å². The van der Waals surface area contributed by atoms with E-state index in [9.17, 15) is 0 Å². The van der Waals surface area contributed by atoms with Crippen LogP contribution < -0.4 is 11.3 Å². The monoisotopic (exact) mass is 300 g/mol. The molecule has 1 saturated heterocycles. The summed E-state index contributed by atoms with van der Waals surface area (Å²) in [5, 5.41) is 5.22. The van der Waals surface area contributed by atoms with Gasteiger partial charge in [0, 0.05) is 20.1 Å². The van der Waals surface area contributed by atoms with Crippen molar-refractivity contribution in [3.05, 3.63) is 16.4 Å². The predicted molar refractivity (Wildman–Crippen MR) is 80.6 cm³/mol. The molecule has 2 heterocycles. The summed E-state index contributed by atoms with van der Waals surface area (Å²) >= 11 is 6.42. The van der Waals surface area contributed by atoms with Gasteiger partial charge in [-0.15, -0.1) is 0 Å². The van der Waals surface area contributed by atoms with E-state index in [0.29, 0.717) is 0 Å². The molecule has 0 aromatic carbocycles. The summed E-state index contributed by atoms with van der Waals surface area (Å²) in [6, 6.07) is 0.0282. The van der Waals surface area contributed by atoms with Gasteiger partial charge in [-0.25, -0.2) is 0 Å². The molecule has 1 aliphatic rings. The molecule has 1 aromatic rings. The fourth-order valence-corrected chi connectivity index (χ4v) is 3.29. The Morgan fingerprint density at radius 1 is 1.55 bits per heavy atom. The van der Waals surface area contributed by atoms with E-state index >= 15 is 0 Å². The molecule has 6 heteroatoms. The minimum Gasteiger partial charge on any atom is -0.374 e. The van der Waals surface area contributed by atoms with E-state index < -0.39 is 0 Å². The van der Waals surface area contributed by atoms with Gasteiger partial charge >= 0.3 is 0 Å². The number of nitrogens with two attached hydrogens (primary N) is 1. The molecular formula is C14H25ClN4O. The first-order valence-corrected chi connectivity index (χ1v) is 7.70. The molecule has 1 aliphatic heterocycles. The highest BCUT2D eigenvalue weighted by molar-refractivity contribution is 6.31. The Kier molecular flexibility index (Phi) is 5.07. The standard InChI is InChI=1S/C14H25ClN4O/c1-4-10-13(15)11(19(3)18-10)9-12(17-16)14(2)7-5-6-8-20-14/h12,17H,4-9,16H2,1-3H3. The Labute approximate surface area is 125 Å². The number of ether oxygens (including phenoxy) is 1. The first-order chi connectivity index (χ1) is 9.51. The van der Waals surface area contributed by atoms with E-state index in [1.807, 2.05) is 11.7 Å². The van der Waals surface area contributed by atoms with Crippen molar-refractivity contribution in [2.45, 2.75) is 57.6 Å². The van der Waals surface area contributed by atoms with Gasteiger partial charge in [0.1, 0.15) is 0 Å². The average Bonchev–Trinajstić information content (AvgIpc) is 2.71. The zero-order chi connectivity index (χ0) is 14.8. The molecule has 0 aliphatic carbocycles. The average molecular weight is 301 g/mol. The van der Waals surface area contributed by atoms with Gasteiger partial charge in [-0.3, -0.25) is 16.0 Å². The third kappa shape index (κ3) is 3.01. The minimum atomic E-state index is -0.243. The Morgan fingerprint density at radius 2 is 2.30 bits per heavy atom. The van der Waals surface area contributed by atoms with E-state index in [0.717, 1.165) is 48.7 Å². The van der Waals surface area contributed by atoms with Crippen LogP contribution in [0.3, 0.4) is 0 Å². The highest BCUT2D eigenvalue weighted by Gasteiger charge is 2.37. The van der Waals surface area contributed by atoms with Crippen molar-refractivity contribution >= 4 is 11.6 Å². The molecule has 0 saturated carbocycles. The maximum atomic E-state index is 6.42. The van der Waals surface area contributed by atoms with Crippen molar-refractivity contribution in [2.24, 2.45) is 12.9 Å². The Bertz CT molecular complexity index is 454. The molecule has 0 bridgehead atoms. The lowest BCUT2D eigenvalue weighted by Crippen LogP contribution is -2.55. The number of hydrogen-bond acceptors (Lipinski definition) is 4. The van der Waals surface area contributed by atoms with Crippen LogP contribution >= 0.6 is 11.6 Å². The predicted octanol–water partition coefficient (Wildman–Crippen LogP) is 1.97. The largest absolute Gasteiger partial charge is 0.374 e. The summed E-state index contributed by atoms with van der Waals surface area (Å²) in [5.74, 6) is 5.77. The molecule has 0 spiro atoms. The van der Waals surface area contributed by atoms with Gasteiger partial charge in [0.15, 0.2) is 0 Å². The fourth-order valence-electron chi connectivity index (χ4n) is 2.92. The van der Waals surface area contributed by atoms with Crippen LogP contribution in [0.2, 0.25) is 5.02 Å². The second-order valence-electron chi connectivity index (χ2n) is 5.73. The summed E-state index contributed by atoms with van der Waals surface area (Å²) in [7, 11) is 1.93. The minimum absolute atomic E-state index is 0.0282. The van der Waals surface area contributed by atoms with Gasteiger partial charge in [-0.05, 0) is 32.6 Å². The van der Waals surface area contributed by atoms with Crippen molar-refractivity contribution in [3.63, 3.8) is 0 Å². The second-order valence-corrected chi connectivity index (χ2v) is 6.10. The molecule has 3 N–H and O–H groups in total. The highest BCUT2D eigenvalue weighted by Crippen LogP contribution is 2.31. The number of hydrazine groups is 1. The van der Waals surface area contributed by atoms with Crippen LogP contribution in [0, 0.1) is 0 Å². The van der Waals surface area contributed by atoms with Gasteiger partial charge in [-0.1, -0.05) is 18.5 Å². The summed E-state index contributed by atoms with van der Waals surface area (Å²) in [5.41, 5.74) is 4.63. The first-order valence-electron chi connectivity index (χ1n) is 7.32. The second kappa shape index (κ2) is 6.43. The number of aryl methyl sites for hydroxylation is 2. The summed E-state index contributed by atoms with van der Waals surface area (Å²) in [4.78, 5) is 0. The topological polar surface area (TPSA) is 65.1 Å². The number of nitrogens with one attached hydrogen (secondary N) is 1. The normalized spacial score (nSPS) is 24.9.